The Bertz CT molecular complexity index is 692. The predicted octanol–water partition coefficient (Wildman–Crippen LogP) is 1.81. The molecule has 0 spiro atoms. The van der Waals surface area contributed by atoms with Crippen molar-refractivity contribution in [3.8, 4) is 22.8 Å². The predicted molar refractivity (Wildman–Crippen MR) is 81.7 cm³/mol. The van der Waals surface area contributed by atoms with Gasteiger partial charge in [-0.15, -0.1) is 0 Å². The molecule has 3 rings (SSSR count). The Balaban J connectivity index is 1.90. The highest BCUT2D eigenvalue weighted by Gasteiger charge is 2.20. The number of nitrogens with zero attached hydrogens (tertiary/aromatic N) is 2. The van der Waals surface area contributed by atoms with E-state index in [0.29, 0.717) is 30.4 Å². The van der Waals surface area contributed by atoms with Crippen LogP contribution in [0, 0.1) is 0 Å². The van der Waals surface area contributed by atoms with Crippen molar-refractivity contribution in [2.24, 2.45) is 0 Å². The van der Waals surface area contributed by atoms with Crippen LogP contribution in [0.3, 0.4) is 0 Å². The molecule has 2 heterocycles. The fourth-order valence-electron chi connectivity index (χ4n) is 2.46. The van der Waals surface area contributed by atoms with Gasteiger partial charge in [0.15, 0.2) is 0 Å². The summed E-state index contributed by atoms with van der Waals surface area (Å²) in [7, 11) is 1.60. The smallest absolute Gasteiger partial charge is 0.325 e. The summed E-state index contributed by atoms with van der Waals surface area (Å²) in [5, 5.41) is 13.1. The molecule has 23 heavy (non-hydrogen) atoms. The lowest BCUT2D eigenvalue weighted by Gasteiger charge is -2.15. The maximum absolute atomic E-state index is 10.8. The van der Waals surface area contributed by atoms with Crippen molar-refractivity contribution in [3.05, 3.63) is 30.5 Å². The van der Waals surface area contributed by atoms with E-state index in [1.807, 2.05) is 18.2 Å². The molecule has 2 aromatic rings. The molecule has 1 aliphatic rings. The van der Waals surface area contributed by atoms with Gasteiger partial charge >= 0.3 is 5.97 Å². The third-order valence-electron chi connectivity index (χ3n) is 3.58. The molecule has 1 fully saturated rings. The van der Waals surface area contributed by atoms with Crippen molar-refractivity contribution in [2.75, 3.05) is 20.3 Å². The van der Waals surface area contributed by atoms with E-state index in [1.54, 1.807) is 19.4 Å². The van der Waals surface area contributed by atoms with E-state index in [1.165, 1.54) is 4.68 Å². The Morgan fingerprint density at radius 1 is 1.48 bits per heavy atom. The van der Waals surface area contributed by atoms with E-state index in [0.717, 1.165) is 12.0 Å². The summed E-state index contributed by atoms with van der Waals surface area (Å²) in [5.41, 5.74) is 1.45. The number of carboxylic acids is 1. The number of rotatable bonds is 6. The first kappa shape index (κ1) is 15.4. The minimum Gasteiger partial charge on any atom is -0.497 e. The minimum atomic E-state index is -0.936. The van der Waals surface area contributed by atoms with Gasteiger partial charge in [0.25, 0.3) is 0 Å². The molecule has 0 unspecified atom stereocenters. The lowest BCUT2D eigenvalue weighted by Crippen LogP contribution is -2.16. The summed E-state index contributed by atoms with van der Waals surface area (Å²) in [4.78, 5) is 10.8. The van der Waals surface area contributed by atoms with E-state index in [-0.39, 0.29) is 12.6 Å². The number of aliphatic carboxylic acids is 1. The highest BCUT2D eigenvalue weighted by molar-refractivity contribution is 5.69. The summed E-state index contributed by atoms with van der Waals surface area (Å²) in [6.45, 7) is 1.07. The number of carboxylic acid groups (broad SMARTS) is 1. The molecule has 7 nitrogen and oxygen atoms in total. The van der Waals surface area contributed by atoms with E-state index in [9.17, 15) is 4.79 Å². The lowest BCUT2D eigenvalue weighted by atomic mass is 10.1. The fourth-order valence-corrected chi connectivity index (χ4v) is 2.46. The van der Waals surface area contributed by atoms with Gasteiger partial charge in [-0.1, -0.05) is 0 Å². The van der Waals surface area contributed by atoms with Crippen LogP contribution in [0.15, 0.2) is 30.5 Å². The van der Waals surface area contributed by atoms with Crippen LogP contribution < -0.4 is 9.47 Å². The van der Waals surface area contributed by atoms with Crippen LogP contribution in [-0.2, 0) is 16.1 Å². The zero-order valence-corrected chi connectivity index (χ0v) is 12.8. The summed E-state index contributed by atoms with van der Waals surface area (Å²) in [6, 6.07) is 7.26. The van der Waals surface area contributed by atoms with Gasteiger partial charge < -0.3 is 19.3 Å². The van der Waals surface area contributed by atoms with Crippen LogP contribution in [-0.4, -0.2) is 47.3 Å². The highest BCUT2D eigenvalue weighted by atomic mass is 16.5. The van der Waals surface area contributed by atoms with Crippen LogP contribution in [0.5, 0.6) is 11.5 Å². The largest absolute Gasteiger partial charge is 0.497 e. The summed E-state index contributed by atoms with van der Waals surface area (Å²) < 4.78 is 18.0. The highest BCUT2D eigenvalue weighted by Crippen LogP contribution is 2.34. The average molecular weight is 318 g/mol. The van der Waals surface area contributed by atoms with E-state index in [2.05, 4.69) is 5.10 Å². The minimum absolute atomic E-state index is 0.00182. The molecular weight excluding hydrogens is 300 g/mol. The molecule has 0 aliphatic carbocycles. The molecule has 1 aromatic heterocycles. The molecule has 0 amide bonds. The first-order valence-corrected chi connectivity index (χ1v) is 7.34. The van der Waals surface area contributed by atoms with Crippen molar-refractivity contribution >= 4 is 5.97 Å². The van der Waals surface area contributed by atoms with Crippen LogP contribution in [0.1, 0.15) is 6.42 Å². The first-order valence-electron chi connectivity index (χ1n) is 7.34. The maximum atomic E-state index is 10.8. The fraction of sp³-hybridized carbons (Fsp3) is 0.375. The molecule has 1 aromatic carbocycles. The first-order chi connectivity index (χ1) is 11.2. The van der Waals surface area contributed by atoms with Gasteiger partial charge in [0.05, 0.1) is 26.0 Å². The molecular formula is C16H18N2O5. The Hall–Kier alpha value is -2.54. The molecule has 1 saturated heterocycles. The van der Waals surface area contributed by atoms with E-state index in [4.69, 9.17) is 19.3 Å². The molecule has 0 bridgehead atoms. The van der Waals surface area contributed by atoms with Crippen molar-refractivity contribution in [1.29, 1.82) is 0 Å². The molecule has 0 saturated carbocycles. The summed E-state index contributed by atoms with van der Waals surface area (Å²) in [6.07, 6.45) is 2.47. The van der Waals surface area contributed by atoms with Gasteiger partial charge in [-0.25, -0.2) is 0 Å². The van der Waals surface area contributed by atoms with E-state index >= 15 is 0 Å². The summed E-state index contributed by atoms with van der Waals surface area (Å²) >= 11 is 0. The monoisotopic (exact) mass is 318 g/mol. The Labute approximate surface area is 133 Å². The van der Waals surface area contributed by atoms with Gasteiger partial charge in [0, 0.05) is 24.2 Å². The molecule has 7 heteroatoms. The topological polar surface area (TPSA) is 82.8 Å². The van der Waals surface area contributed by atoms with Crippen molar-refractivity contribution in [3.63, 3.8) is 0 Å². The number of hydrogen-bond donors (Lipinski definition) is 1. The Kier molecular flexibility index (Phi) is 4.47. The quantitative estimate of drug-likeness (QED) is 0.874. The maximum Gasteiger partial charge on any atom is 0.325 e. The molecule has 1 aliphatic heterocycles. The number of benzene rings is 1. The zero-order chi connectivity index (χ0) is 16.2. The Morgan fingerprint density at radius 2 is 2.35 bits per heavy atom. The molecule has 122 valence electrons. The van der Waals surface area contributed by atoms with E-state index < -0.39 is 5.97 Å². The molecule has 1 atom stereocenters. The van der Waals surface area contributed by atoms with Crippen LogP contribution >= 0.6 is 0 Å². The van der Waals surface area contributed by atoms with Crippen molar-refractivity contribution < 1.29 is 24.1 Å². The number of aromatic nitrogens is 2. The van der Waals surface area contributed by atoms with Gasteiger partial charge in [-0.2, -0.15) is 5.10 Å². The van der Waals surface area contributed by atoms with Crippen LogP contribution in [0.4, 0.5) is 0 Å². The van der Waals surface area contributed by atoms with Gasteiger partial charge in [0.2, 0.25) is 0 Å². The van der Waals surface area contributed by atoms with Crippen molar-refractivity contribution in [1.82, 2.24) is 9.78 Å². The number of carbonyl (C=O) groups is 1. The SMILES string of the molecule is COc1ccc(-c2ccn(CC(=O)O)n2)c(O[C@@H]2CCOC2)c1. The standard InChI is InChI=1S/C16H18N2O5/c1-21-11-2-3-13(14-4-6-18(17-14)9-16(19)20)15(8-11)23-12-5-7-22-10-12/h2-4,6,8,12H,5,7,9-10H2,1H3,(H,19,20)/t12-/m1/s1. The van der Waals surface area contributed by atoms with Crippen LogP contribution in [0.2, 0.25) is 0 Å². The van der Waals surface area contributed by atoms with Gasteiger partial charge in [-0.3, -0.25) is 9.48 Å². The van der Waals surface area contributed by atoms with Gasteiger partial charge in [-0.05, 0) is 18.2 Å². The zero-order valence-electron chi connectivity index (χ0n) is 12.8. The number of methoxy groups -OCH3 is 1. The van der Waals surface area contributed by atoms with Crippen molar-refractivity contribution in [2.45, 2.75) is 19.1 Å². The summed E-state index contributed by atoms with van der Waals surface area (Å²) in [5.74, 6) is 0.405. The molecule has 1 N–H and O–H groups in total. The second-order valence-corrected chi connectivity index (χ2v) is 5.26. The normalized spacial score (nSPS) is 17.2. The average Bonchev–Trinajstić information content (AvgIpc) is 3.18. The Morgan fingerprint density at radius 3 is 3.04 bits per heavy atom. The third kappa shape index (κ3) is 3.62. The third-order valence-corrected chi connectivity index (χ3v) is 3.58. The van der Waals surface area contributed by atoms with Gasteiger partial charge in [0.1, 0.15) is 24.1 Å². The number of hydrogen-bond acceptors (Lipinski definition) is 5. The second-order valence-electron chi connectivity index (χ2n) is 5.26. The van der Waals surface area contributed by atoms with Crippen LogP contribution in [0.25, 0.3) is 11.3 Å². The lowest BCUT2D eigenvalue weighted by molar-refractivity contribution is -0.137. The second kappa shape index (κ2) is 6.70. The number of ether oxygens (including phenoxy) is 3. The molecule has 0 radical (unpaired) electrons.